The highest BCUT2D eigenvalue weighted by molar-refractivity contribution is 5.94. The van der Waals surface area contributed by atoms with Gasteiger partial charge in [-0.3, -0.25) is 9.78 Å². The van der Waals surface area contributed by atoms with E-state index in [-0.39, 0.29) is 5.91 Å². The third-order valence-electron chi connectivity index (χ3n) is 4.64. The van der Waals surface area contributed by atoms with Gasteiger partial charge in [0, 0.05) is 11.3 Å². The second-order valence-electron chi connectivity index (χ2n) is 6.75. The number of hydrogen-bond donors (Lipinski definition) is 1. The van der Waals surface area contributed by atoms with E-state index >= 15 is 0 Å². The van der Waals surface area contributed by atoms with Crippen LogP contribution in [0.4, 0.5) is 5.69 Å². The van der Waals surface area contributed by atoms with Crippen LogP contribution in [-0.4, -0.2) is 29.1 Å². The molecular formula is C24H21N3O3. The van der Waals surface area contributed by atoms with Gasteiger partial charge in [0.05, 0.1) is 30.0 Å². The molecule has 0 aliphatic carbocycles. The lowest BCUT2D eigenvalue weighted by molar-refractivity contribution is -0.122. The molecule has 6 heteroatoms. The fourth-order valence-electron chi connectivity index (χ4n) is 2.98. The van der Waals surface area contributed by atoms with Gasteiger partial charge in [0.2, 0.25) is 0 Å². The third-order valence-corrected chi connectivity index (χ3v) is 4.64. The van der Waals surface area contributed by atoms with Gasteiger partial charge in [0.15, 0.2) is 6.10 Å². The number of fused-ring (bicyclic) bond motifs is 1. The average molecular weight is 399 g/mol. The van der Waals surface area contributed by atoms with Gasteiger partial charge in [-0.05, 0) is 67.6 Å². The van der Waals surface area contributed by atoms with Gasteiger partial charge in [-0.25, -0.2) is 4.98 Å². The molecule has 1 aromatic heterocycles. The summed E-state index contributed by atoms with van der Waals surface area (Å²) in [5.74, 6) is 1.10. The van der Waals surface area contributed by atoms with E-state index in [2.05, 4.69) is 15.3 Å². The van der Waals surface area contributed by atoms with Crippen molar-refractivity contribution in [3.05, 3.63) is 79.0 Å². The first-order valence-electron chi connectivity index (χ1n) is 9.56. The number of hydrogen-bond acceptors (Lipinski definition) is 5. The molecule has 6 nitrogen and oxygen atoms in total. The van der Waals surface area contributed by atoms with E-state index in [4.69, 9.17) is 9.47 Å². The Morgan fingerprint density at radius 2 is 1.57 bits per heavy atom. The van der Waals surface area contributed by atoms with Crippen LogP contribution in [0.3, 0.4) is 0 Å². The predicted octanol–water partition coefficient (Wildman–Crippen LogP) is 4.71. The Labute approximate surface area is 174 Å². The Bertz CT molecular complexity index is 1160. The maximum absolute atomic E-state index is 12.4. The molecule has 1 N–H and O–H groups in total. The first kappa shape index (κ1) is 19.4. The lowest BCUT2D eigenvalue weighted by Crippen LogP contribution is -2.30. The van der Waals surface area contributed by atoms with Gasteiger partial charge in [-0.2, -0.15) is 0 Å². The minimum atomic E-state index is -0.654. The smallest absolute Gasteiger partial charge is 0.265 e. The number of methoxy groups -OCH3 is 1. The van der Waals surface area contributed by atoms with E-state index in [1.807, 2.05) is 48.5 Å². The Morgan fingerprint density at radius 3 is 2.27 bits per heavy atom. The van der Waals surface area contributed by atoms with E-state index in [1.54, 1.807) is 44.5 Å². The Hall–Kier alpha value is -3.93. The number of rotatable bonds is 6. The van der Waals surface area contributed by atoms with Crippen molar-refractivity contribution in [3.63, 3.8) is 0 Å². The fourth-order valence-corrected chi connectivity index (χ4v) is 2.98. The van der Waals surface area contributed by atoms with Crippen LogP contribution >= 0.6 is 0 Å². The van der Waals surface area contributed by atoms with Gasteiger partial charge < -0.3 is 14.8 Å². The van der Waals surface area contributed by atoms with Gasteiger partial charge in [-0.1, -0.05) is 12.1 Å². The SMILES string of the molecule is COc1ccc(NC(=O)[C@@H](C)Oc2ccc(-c3cnc4ccccc4n3)cc2)cc1. The topological polar surface area (TPSA) is 73.3 Å². The van der Waals surface area contributed by atoms with Crippen molar-refractivity contribution < 1.29 is 14.3 Å². The molecule has 0 saturated heterocycles. The van der Waals surface area contributed by atoms with Crippen LogP contribution in [0, 0.1) is 0 Å². The highest BCUT2D eigenvalue weighted by Gasteiger charge is 2.15. The highest BCUT2D eigenvalue weighted by Crippen LogP contribution is 2.23. The summed E-state index contributed by atoms with van der Waals surface area (Å²) in [6, 6.07) is 22.3. The van der Waals surface area contributed by atoms with E-state index in [1.165, 1.54) is 0 Å². The minimum Gasteiger partial charge on any atom is -0.497 e. The number of nitrogens with one attached hydrogen (secondary N) is 1. The van der Waals surface area contributed by atoms with Crippen molar-refractivity contribution in [2.75, 3.05) is 12.4 Å². The quantitative estimate of drug-likeness (QED) is 0.508. The molecule has 4 aromatic rings. The Morgan fingerprint density at radius 1 is 0.900 bits per heavy atom. The van der Waals surface area contributed by atoms with Crippen LogP contribution in [-0.2, 0) is 4.79 Å². The van der Waals surface area contributed by atoms with Crippen molar-refractivity contribution in [3.8, 4) is 22.8 Å². The van der Waals surface area contributed by atoms with Crippen LogP contribution < -0.4 is 14.8 Å². The summed E-state index contributed by atoms with van der Waals surface area (Å²) in [6.07, 6.45) is 1.10. The lowest BCUT2D eigenvalue weighted by Gasteiger charge is -2.15. The van der Waals surface area contributed by atoms with Crippen LogP contribution in [0.25, 0.3) is 22.3 Å². The monoisotopic (exact) mass is 399 g/mol. The maximum atomic E-state index is 12.4. The molecule has 150 valence electrons. The largest absolute Gasteiger partial charge is 0.497 e. The minimum absolute atomic E-state index is 0.232. The molecule has 1 heterocycles. The van der Waals surface area contributed by atoms with Crippen LogP contribution in [0.15, 0.2) is 79.0 Å². The van der Waals surface area contributed by atoms with Gasteiger partial charge in [0.1, 0.15) is 11.5 Å². The number of nitrogens with zero attached hydrogens (tertiary/aromatic N) is 2. The molecule has 0 bridgehead atoms. The van der Waals surface area contributed by atoms with E-state index in [0.29, 0.717) is 11.4 Å². The van der Waals surface area contributed by atoms with Gasteiger partial charge >= 0.3 is 0 Å². The van der Waals surface area contributed by atoms with Crippen LogP contribution in [0.1, 0.15) is 6.92 Å². The number of ether oxygens (including phenoxy) is 2. The second kappa shape index (κ2) is 8.61. The van der Waals surface area contributed by atoms with Crippen LogP contribution in [0.5, 0.6) is 11.5 Å². The summed E-state index contributed by atoms with van der Waals surface area (Å²) in [4.78, 5) is 21.5. The second-order valence-corrected chi connectivity index (χ2v) is 6.75. The number of anilines is 1. The third kappa shape index (κ3) is 4.38. The predicted molar refractivity (Wildman–Crippen MR) is 117 cm³/mol. The Kier molecular flexibility index (Phi) is 5.57. The maximum Gasteiger partial charge on any atom is 0.265 e. The zero-order valence-corrected chi connectivity index (χ0v) is 16.7. The molecule has 1 amide bonds. The molecule has 3 aromatic carbocycles. The molecule has 30 heavy (non-hydrogen) atoms. The summed E-state index contributed by atoms with van der Waals surface area (Å²) < 4.78 is 10.9. The number of para-hydroxylation sites is 2. The summed E-state index contributed by atoms with van der Waals surface area (Å²) in [6.45, 7) is 1.71. The summed E-state index contributed by atoms with van der Waals surface area (Å²) in [7, 11) is 1.60. The highest BCUT2D eigenvalue weighted by atomic mass is 16.5. The summed E-state index contributed by atoms with van der Waals surface area (Å²) in [5, 5.41) is 2.83. The summed E-state index contributed by atoms with van der Waals surface area (Å²) >= 11 is 0. The molecule has 1 atom stereocenters. The van der Waals surface area contributed by atoms with Crippen molar-refractivity contribution >= 4 is 22.6 Å². The zero-order valence-electron chi connectivity index (χ0n) is 16.7. The molecule has 0 fully saturated rings. The first-order chi connectivity index (χ1) is 14.6. The molecular weight excluding hydrogens is 378 g/mol. The average Bonchev–Trinajstić information content (AvgIpc) is 2.79. The van der Waals surface area contributed by atoms with E-state index < -0.39 is 6.10 Å². The number of amides is 1. The number of carbonyl (C=O) groups excluding carboxylic acids is 1. The van der Waals surface area contributed by atoms with Crippen molar-refractivity contribution in [2.24, 2.45) is 0 Å². The van der Waals surface area contributed by atoms with Crippen molar-refractivity contribution in [1.82, 2.24) is 9.97 Å². The fraction of sp³-hybridized carbons (Fsp3) is 0.125. The molecule has 0 aliphatic rings. The number of benzene rings is 3. The van der Waals surface area contributed by atoms with Gasteiger partial charge in [-0.15, -0.1) is 0 Å². The van der Waals surface area contributed by atoms with E-state index in [9.17, 15) is 4.79 Å². The normalized spacial score (nSPS) is 11.7. The number of carbonyl (C=O) groups is 1. The zero-order chi connectivity index (χ0) is 20.9. The summed E-state index contributed by atoms with van der Waals surface area (Å²) in [5.41, 5.74) is 4.10. The lowest BCUT2D eigenvalue weighted by atomic mass is 10.1. The molecule has 0 radical (unpaired) electrons. The molecule has 0 unspecified atom stereocenters. The molecule has 0 saturated carbocycles. The molecule has 0 aliphatic heterocycles. The standard InChI is InChI=1S/C24H21N3O3/c1-16(24(28)26-18-9-13-19(29-2)14-10-18)30-20-11-7-17(8-12-20)23-15-25-21-5-3-4-6-22(21)27-23/h3-16H,1-2H3,(H,26,28)/t16-/m1/s1. The van der Waals surface area contributed by atoms with Crippen LogP contribution in [0.2, 0.25) is 0 Å². The van der Waals surface area contributed by atoms with E-state index in [0.717, 1.165) is 28.0 Å². The van der Waals surface area contributed by atoms with Gasteiger partial charge in [0.25, 0.3) is 5.91 Å². The van der Waals surface area contributed by atoms with Crippen molar-refractivity contribution in [1.29, 1.82) is 0 Å². The molecule has 4 rings (SSSR count). The van der Waals surface area contributed by atoms with Crippen molar-refractivity contribution in [2.45, 2.75) is 13.0 Å². The first-order valence-corrected chi connectivity index (χ1v) is 9.56. The number of aromatic nitrogens is 2. The Balaban J connectivity index is 1.41. The molecule has 0 spiro atoms.